The van der Waals surface area contributed by atoms with Gasteiger partial charge in [-0.1, -0.05) is 0 Å². The molecule has 2 aliphatic rings. The second-order valence-electron chi connectivity index (χ2n) is 8.20. The molecule has 2 saturated heterocycles. The van der Waals surface area contributed by atoms with Crippen LogP contribution in [0.2, 0.25) is 0 Å². The molecular formula is C21H25N9O. The van der Waals surface area contributed by atoms with Crippen molar-refractivity contribution in [1.29, 1.82) is 0 Å². The van der Waals surface area contributed by atoms with Crippen LogP contribution in [-0.4, -0.2) is 73.6 Å². The molecule has 0 saturated carbocycles. The molecule has 0 aromatic carbocycles. The molecule has 0 spiro atoms. The van der Waals surface area contributed by atoms with Gasteiger partial charge in [0.2, 0.25) is 0 Å². The lowest BCUT2D eigenvalue weighted by Gasteiger charge is -2.34. The van der Waals surface area contributed by atoms with Crippen molar-refractivity contribution in [3.8, 4) is 17.1 Å². The van der Waals surface area contributed by atoms with Crippen LogP contribution in [0.4, 0.5) is 11.6 Å². The highest BCUT2D eigenvalue weighted by Gasteiger charge is 2.29. The summed E-state index contributed by atoms with van der Waals surface area (Å²) in [6, 6.07) is 6.40. The summed E-state index contributed by atoms with van der Waals surface area (Å²) in [4.78, 5) is 9.76. The van der Waals surface area contributed by atoms with Crippen LogP contribution in [0.5, 0.6) is 0 Å². The summed E-state index contributed by atoms with van der Waals surface area (Å²) in [5.74, 6) is 2.68. The number of ether oxygens (including phenoxy) is 1. The maximum absolute atomic E-state index is 5.66. The number of nitrogens with one attached hydrogen (secondary N) is 1. The fraction of sp³-hybridized carbons (Fsp3) is 0.429. The van der Waals surface area contributed by atoms with E-state index in [1.54, 1.807) is 6.20 Å². The first-order valence-corrected chi connectivity index (χ1v) is 10.7. The van der Waals surface area contributed by atoms with E-state index in [9.17, 15) is 0 Å². The number of hydrogen-bond donors (Lipinski definition) is 1. The molecule has 6 rings (SSSR count). The number of nitrogens with zero attached hydrogens (tertiary/aromatic N) is 8. The van der Waals surface area contributed by atoms with Crippen LogP contribution in [0, 0.1) is 0 Å². The van der Waals surface area contributed by atoms with Gasteiger partial charge < -0.3 is 14.5 Å². The van der Waals surface area contributed by atoms with Gasteiger partial charge in [-0.3, -0.25) is 9.78 Å². The van der Waals surface area contributed by atoms with E-state index in [-0.39, 0.29) is 6.04 Å². The molecule has 10 nitrogen and oxygen atoms in total. The number of hydrogen-bond acceptors (Lipinski definition) is 7. The van der Waals surface area contributed by atoms with Crippen LogP contribution < -0.4 is 9.80 Å². The lowest BCUT2D eigenvalue weighted by molar-refractivity contribution is 0.0985. The van der Waals surface area contributed by atoms with Crippen LogP contribution in [0.3, 0.4) is 0 Å². The normalized spacial score (nSPS) is 19.2. The lowest BCUT2D eigenvalue weighted by Crippen LogP contribution is -2.44. The molecule has 0 bridgehead atoms. The molecule has 31 heavy (non-hydrogen) atoms. The Labute approximate surface area is 179 Å². The third-order valence-electron chi connectivity index (χ3n) is 6.23. The number of aryl methyl sites for hydroxylation is 1. The number of anilines is 2. The Morgan fingerprint density at radius 1 is 1.16 bits per heavy atom. The van der Waals surface area contributed by atoms with Gasteiger partial charge >= 0.3 is 0 Å². The minimum Gasteiger partial charge on any atom is -0.377 e. The third-order valence-corrected chi connectivity index (χ3v) is 6.23. The molecule has 1 unspecified atom stereocenters. The number of H-pyrrole nitrogens is 1. The second-order valence-corrected chi connectivity index (χ2v) is 8.20. The summed E-state index contributed by atoms with van der Waals surface area (Å²) >= 11 is 0. The van der Waals surface area contributed by atoms with Gasteiger partial charge in [0.15, 0.2) is 17.3 Å². The molecule has 2 aliphatic heterocycles. The van der Waals surface area contributed by atoms with E-state index < -0.39 is 0 Å². The Bertz CT molecular complexity index is 1220. The van der Waals surface area contributed by atoms with E-state index >= 15 is 0 Å². The first-order chi connectivity index (χ1) is 15.2. The van der Waals surface area contributed by atoms with Crippen molar-refractivity contribution in [2.45, 2.75) is 19.4 Å². The van der Waals surface area contributed by atoms with Crippen LogP contribution in [0.15, 0.2) is 30.6 Å². The molecule has 4 aromatic rings. The van der Waals surface area contributed by atoms with Crippen molar-refractivity contribution < 1.29 is 4.74 Å². The largest absolute Gasteiger partial charge is 0.377 e. The number of aromatic nitrogens is 7. The molecule has 1 atom stereocenters. The van der Waals surface area contributed by atoms with Crippen molar-refractivity contribution in [2.24, 2.45) is 7.05 Å². The maximum Gasteiger partial charge on any atom is 0.169 e. The van der Waals surface area contributed by atoms with Crippen LogP contribution >= 0.6 is 0 Å². The summed E-state index contributed by atoms with van der Waals surface area (Å²) in [5, 5.41) is 17.7. The molecule has 160 valence electrons. The Kier molecular flexibility index (Phi) is 4.20. The minimum absolute atomic E-state index is 0.247. The van der Waals surface area contributed by atoms with Gasteiger partial charge in [0.1, 0.15) is 5.82 Å². The predicted molar refractivity (Wildman–Crippen MR) is 118 cm³/mol. The monoisotopic (exact) mass is 419 g/mol. The Balaban J connectivity index is 1.65. The van der Waals surface area contributed by atoms with Gasteiger partial charge in [-0.15, -0.1) is 5.10 Å². The van der Waals surface area contributed by atoms with E-state index in [0.29, 0.717) is 13.2 Å². The summed E-state index contributed by atoms with van der Waals surface area (Å²) in [7, 11) is 1.97. The first kappa shape index (κ1) is 18.4. The number of morpholine rings is 1. The van der Waals surface area contributed by atoms with E-state index in [1.165, 1.54) is 6.42 Å². The third kappa shape index (κ3) is 2.89. The molecule has 0 radical (unpaired) electrons. The summed E-state index contributed by atoms with van der Waals surface area (Å²) in [5.41, 5.74) is 2.95. The Morgan fingerprint density at radius 2 is 2.06 bits per heavy atom. The molecule has 0 amide bonds. The smallest absolute Gasteiger partial charge is 0.169 e. The first-order valence-electron chi connectivity index (χ1n) is 10.7. The highest BCUT2D eigenvalue weighted by molar-refractivity contribution is 6.02. The Morgan fingerprint density at radius 3 is 2.74 bits per heavy atom. The zero-order valence-corrected chi connectivity index (χ0v) is 17.7. The average molecular weight is 419 g/mol. The van der Waals surface area contributed by atoms with E-state index in [1.807, 2.05) is 28.7 Å². The highest BCUT2D eigenvalue weighted by Crippen LogP contribution is 2.39. The molecule has 4 aromatic heterocycles. The van der Waals surface area contributed by atoms with E-state index in [4.69, 9.17) is 14.8 Å². The van der Waals surface area contributed by atoms with Gasteiger partial charge in [-0.25, -0.2) is 4.98 Å². The van der Waals surface area contributed by atoms with E-state index in [2.05, 4.69) is 44.2 Å². The van der Waals surface area contributed by atoms with Crippen LogP contribution in [0.1, 0.15) is 13.3 Å². The van der Waals surface area contributed by atoms with Gasteiger partial charge in [-0.05, 0) is 25.5 Å². The van der Waals surface area contributed by atoms with Gasteiger partial charge in [-0.2, -0.15) is 14.9 Å². The molecule has 2 fully saturated rings. The number of pyridine rings is 1. The summed E-state index contributed by atoms with van der Waals surface area (Å²) in [6.07, 6.45) is 4.75. The highest BCUT2D eigenvalue weighted by atomic mass is 16.5. The fourth-order valence-corrected chi connectivity index (χ4v) is 4.42. The van der Waals surface area contributed by atoms with Crippen molar-refractivity contribution in [2.75, 3.05) is 42.6 Å². The SMILES string of the molecule is CC1COCCN1c1cc(-c2ccnn2C)c2c(N3CCC3)nn(-c3ccn[nH]3)c2n1. The maximum atomic E-state index is 5.66. The van der Waals surface area contributed by atoms with Gasteiger partial charge in [0.25, 0.3) is 0 Å². The molecular weight excluding hydrogens is 394 g/mol. The molecule has 10 heteroatoms. The van der Waals surface area contributed by atoms with Gasteiger partial charge in [0, 0.05) is 44.5 Å². The topological polar surface area (TPSA) is 92.9 Å². The van der Waals surface area contributed by atoms with Crippen molar-refractivity contribution >= 4 is 22.7 Å². The quantitative estimate of drug-likeness (QED) is 0.541. The average Bonchev–Trinajstić information content (AvgIpc) is 3.47. The molecule has 1 N–H and O–H groups in total. The van der Waals surface area contributed by atoms with E-state index in [0.717, 1.165) is 59.4 Å². The van der Waals surface area contributed by atoms with Crippen molar-refractivity contribution in [3.05, 3.63) is 30.6 Å². The lowest BCUT2D eigenvalue weighted by atomic mass is 10.1. The number of rotatable bonds is 4. The van der Waals surface area contributed by atoms with Crippen molar-refractivity contribution in [1.82, 2.24) is 34.7 Å². The zero-order chi connectivity index (χ0) is 20.9. The van der Waals surface area contributed by atoms with Gasteiger partial charge in [0.05, 0.1) is 36.5 Å². The minimum atomic E-state index is 0.247. The fourth-order valence-electron chi connectivity index (χ4n) is 4.42. The summed E-state index contributed by atoms with van der Waals surface area (Å²) < 4.78 is 9.45. The van der Waals surface area contributed by atoms with Crippen LogP contribution in [-0.2, 0) is 11.8 Å². The zero-order valence-electron chi connectivity index (χ0n) is 17.7. The standard InChI is InChI=1S/C21H25N9O/c1-14-13-31-11-10-29(14)18-12-15(16-4-7-23-27(16)2)19-20(24-18)30(17-5-6-22-25-17)26-21(19)28-8-3-9-28/h4-7,12,14H,3,8-11,13H2,1-2H3,(H,22,25). The molecule has 6 heterocycles. The number of fused-ring (bicyclic) bond motifs is 1. The Hall–Kier alpha value is -3.40. The van der Waals surface area contributed by atoms with Crippen LogP contribution in [0.25, 0.3) is 28.1 Å². The van der Waals surface area contributed by atoms with Crippen molar-refractivity contribution in [3.63, 3.8) is 0 Å². The number of aromatic amines is 1. The predicted octanol–water partition coefficient (Wildman–Crippen LogP) is 1.98. The second kappa shape index (κ2) is 7.09. The molecule has 0 aliphatic carbocycles. The summed E-state index contributed by atoms with van der Waals surface area (Å²) in [6.45, 7) is 6.38.